The van der Waals surface area contributed by atoms with Gasteiger partial charge < -0.3 is 15.4 Å². The number of hydrogen-bond acceptors (Lipinski definition) is 3. The number of carbonyl (C=O) groups is 1. The third kappa shape index (κ3) is 5.53. The normalized spacial score (nSPS) is 15.7. The number of nitrogens with one attached hydrogen (secondary N) is 2. The topological polar surface area (TPSA) is 53.6 Å². The van der Waals surface area contributed by atoms with Gasteiger partial charge >= 0.3 is 6.03 Å². The van der Waals surface area contributed by atoms with Crippen LogP contribution >= 0.6 is 11.6 Å². The van der Waals surface area contributed by atoms with Crippen LogP contribution in [-0.4, -0.2) is 50.3 Å². The van der Waals surface area contributed by atoms with E-state index in [0.29, 0.717) is 17.3 Å². The molecule has 6 heteroatoms. The average Bonchev–Trinajstić information content (AvgIpc) is 2.48. The molecule has 0 spiro atoms. The fourth-order valence-electron chi connectivity index (χ4n) is 2.22. The van der Waals surface area contributed by atoms with Crippen LogP contribution in [0.1, 0.15) is 12.0 Å². The number of aryl methyl sites for hydroxylation is 1. The second-order valence-electron chi connectivity index (χ2n) is 5.17. The van der Waals surface area contributed by atoms with E-state index >= 15 is 0 Å². The second kappa shape index (κ2) is 8.22. The van der Waals surface area contributed by atoms with Gasteiger partial charge in [-0.25, -0.2) is 4.79 Å². The first-order chi connectivity index (χ1) is 10.1. The van der Waals surface area contributed by atoms with Gasteiger partial charge in [0.05, 0.1) is 23.9 Å². The summed E-state index contributed by atoms with van der Waals surface area (Å²) in [6.07, 6.45) is 0.926. The van der Waals surface area contributed by atoms with Gasteiger partial charge in [-0.15, -0.1) is 0 Å². The Morgan fingerprint density at radius 1 is 1.38 bits per heavy atom. The zero-order valence-electron chi connectivity index (χ0n) is 12.3. The van der Waals surface area contributed by atoms with Crippen molar-refractivity contribution in [2.24, 2.45) is 0 Å². The highest BCUT2D eigenvalue weighted by Crippen LogP contribution is 2.22. The minimum Gasteiger partial charge on any atom is -0.379 e. The maximum Gasteiger partial charge on any atom is 0.319 e. The quantitative estimate of drug-likeness (QED) is 0.822. The van der Waals surface area contributed by atoms with Gasteiger partial charge in [0.25, 0.3) is 0 Å². The number of morpholine rings is 1. The van der Waals surface area contributed by atoms with Crippen molar-refractivity contribution in [3.63, 3.8) is 0 Å². The molecule has 0 aliphatic carbocycles. The molecule has 1 saturated heterocycles. The monoisotopic (exact) mass is 311 g/mol. The summed E-state index contributed by atoms with van der Waals surface area (Å²) in [5.74, 6) is 0. The van der Waals surface area contributed by atoms with Crippen LogP contribution in [0.5, 0.6) is 0 Å². The van der Waals surface area contributed by atoms with Gasteiger partial charge in [-0.2, -0.15) is 0 Å². The molecule has 1 aliphatic rings. The van der Waals surface area contributed by atoms with Crippen LogP contribution in [0.3, 0.4) is 0 Å². The molecule has 2 N–H and O–H groups in total. The number of ether oxygens (including phenoxy) is 1. The van der Waals surface area contributed by atoms with E-state index in [1.807, 2.05) is 25.1 Å². The standard InChI is InChI=1S/C15H22ClN3O2/c1-12-3-4-14(13(16)11-12)18-15(20)17-5-2-6-19-7-9-21-10-8-19/h3-4,11H,2,5-10H2,1H3,(H2,17,18,20). The Morgan fingerprint density at radius 3 is 2.86 bits per heavy atom. The van der Waals surface area contributed by atoms with Gasteiger partial charge in [-0.1, -0.05) is 17.7 Å². The maximum atomic E-state index is 11.8. The summed E-state index contributed by atoms with van der Waals surface area (Å²) in [4.78, 5) is 14.1. The first kappa shape index (κ1) is 16.1. The summed E-state index contributed by atoms with van der Waals surface area (Å²) in [6.45, 7) is 7.15. The Balaban J connectivity index is 1.65. The van der Waals surface area contributed by atoms with Gasteiger partial charge in [-0.05, 0) is 37.6 Å². The summed E-state index contributed by atoms with van der Waals surface area (Å²) in [5.41, 5.74) is 1.70. The van der Waals surface area contributed by atoms with E-state index < -0.39 is 0 Å². The number of carbonyl (C=O) groups excluding carboxylic acids is 1. The summed E-state index contributed by atoms with van der Waals surface area (Å²) in [7, 11) is 0. The van der Waals surface area contributed by atoms with Crippen LogP contribution in [0.2, 0.25) is 5.02 Å². The Kier molecular flexibility index (Phi) is 6.29. The fourth-order valence-corrected chi connectivity index (χ4v) is 2.50. The predicted molar refractivity (Wildman–Crippen MR) is 85.1 cm³/mol. The molecule has 0 aromatic heterocycles. The molecular formula is C15H22ClN3O2. The van der Waals surface area contributed by atoms with E-state index in [0.717, 1.165) is 44.8 Å². The highest BCUT2D eigenvalue weighted by molar-refractivity contribution is 6.33. The number of rotatable bonds is 5. The van der Waals surface area contributed by atoms with E-state index in [-0.39, 0.29) is 6.03 Å². The SMILES string of the molecule is Cc1ccc(NC(=O)NCCCN2CCOCC2)c(Cl)c1. The molecule has 2 rings (SSSR count). The molecule has 1 aromatic rings. The molecule has 1 aromatic carbocycles. The van der Waals surface area contributed by atoms with Gasteiger partial charge in [0.2, 0.25) is 0 Å². The smallest absolute Gasteiger partial charge is 0.319 e. The predicted octanol–water partition coefficient (Wildman–Crippen LogP) is 2.49. The minimum atomic E-state index is -0.220. The van der Waals surface area contributed by atoms with Crippen molar-refractivity contribution in [2.75, 3.05) is 44.7 Å². The molecule has 2 amide bonds. The Labute approximate surface area is 130 Å². The molecular weight excluding hydrogens is 290 g/mol. The second-order valence-corrected chi connectivity index (χ2v) is 5.58. The van der Waals surface area contributed by atoms with Gasteiger partial charge in [-0.3, -0.25) is 4.90 Å². The number of nitrogens with zero attached hydrogens (tertiary/aromatic N) is 1. The lowest BCUT2D eigenvalue weighted by molar-refractivity contribution is 0.0375. The van der Waals surface area contributed by atoms with Crippen molar-refractivity contribution in [2.45, 2.75) is 13.3 Å². The molecule has 21 heavy (non-hydrogen) atoms. The molecule has 1 aliphatic heterocycles. The summed E-state index contributed by atoms with van der Waals surface area (Å²) < 4.78 is 5.30. The number of anilines is 1. The third-order valence-corrected chi connectivity index (χ3v) is 3.73. The first-order valence-corrected chi connectivity index (χ1v) is 7.64. The molecule has 1 heterocycles. The van der Waals surface area contributed by atoms with Crippen LogP contribution in [-0.2, 0) is 4.74 Å². The largest absolute Gasteiger partial charge is 0.379 e. The van der Waals surface area contributed by atoms with Gasteiger partial charge in [0.1, 0.15) is 0 Å². The lowest BCUT2D eigenvalue weighted by Crippen LogP contribution is -2.38. The van der Waals surface area contributed by atoms with Crippen LogP contribution in [0.25, 0.3) is 0 Å². The summed E-state index contributed by atoms with van der Waals surface area (Å²) in [5, 5.41) is 6.16. The first-order valence-electron chi connectivity index (χ1n) is 7.26. The van der Waals surface area contributed by atoms with Crippen LogP contribution < -0.4 is 10.6 Å². The number of hydrogen-bond donors (Lipinski definition) is 2. The molecule has 5 nitrogen and oxygen atoms in total. The van der Waals surface area contributed by atoms with Crippen molar-refractivity contribution >= 4 is 23.3 Å². The zero-order chi connectivity index (χ0) is 15.1. The zero-order valence-corrected chi connectivity index (χ0v) is 13.1. The van der Waals surface area contributed by atoms with Crippen LogP contribution in [0, 0.1) is 6.92 Å². The molecule has 1 fully saturated rings. The van der Waals surface area contributed by atoms with Crippen molar-refractivity contribution in [3.8, 4) is 0 Å². The van der Waals surface area contributed by atoms with Crippen molar-refractivity contribution in [1.29, 1.82) is 0 Å². The molecule has 0 radical (unpaired) electrons. The number of urea groups is 1. The van der Waals surface area contributed by atoms with Gasteiger partial charge in [0, 0.05) is 19.6 Å². The fraction of sp³-hybridized carbons (Fsp3) is 0.533. The lowest BCUT2D eigenvalue weighted by atomic mass is 10.2. The van der Waals surface area contributed by atoms with Crippen LogP contribution in [0.4, 0.5) is 10.5 Å². The highest BCUT2D eigenvalue weighted by atomic mass is 35.5. The van der Waals surface area contributed by atoms with Crippen molar-refractivity contribution in [3.05, 3.63) is 28.8 Å². The maximum absolute atomic E-state index is 11.8. The number of halogens is 1. The Morgan fingerprint density at radius 2 is 2.14 bits per heavy atom. The van der Waals surface area contributed by atoms with E-state index in [1.165, 1.54) is 0 Å². The summed E-state index contributed by atoms with van der Waals surface area (Å²) >= 11 is 6.08. The van der Waals surface area contributed by atoms with Gasteiger partial charge in [0.15, 0.2) is 0 Å². The average molecular weight is 312 g/mol. The third-order valence-electron chi connectivity index (χ3n) is 3.41. The Hall–Kier alpha value is -1.30. The number of amides is 2. The van der Waals surface area contributed by atoms with E-state index in [2.05, 4.69) is 15.5 Å². The van der Waals surface area contributed by atoms with E-state index in [1.54, 1.807) is 0 Å². The minimum absolute atomic E-state index is 0.220. The summed E-state index contributed by atoms with van der Waals surface area (Å²) in [6, 6.07) is 5.34. The van der Waals surface area contributed by atoms with Crippen molar-refractivity contribution < 1.29 is 9.53 Å². The molecule has 0 unspecified atom stereocenters. The highest BCUT2D eigenvalue weighted by Gasteiger charge is 2.10. The molecule has 116 valence electrons. The Bertz CT molecular complexity index is 476. The van der Waals surface area contributed by atoms with E-state index in [4.69, 9.17) is 16.3 Å². The van der Waals surface area contributed by atoms with Crippen molar-refractivity contribution in [1.82, 2.24) is 10.2 Å². The van der Waals surface area contributed by atoms with E-state index in [9.17, 15) is 4.79 Å². The van der Waals surface area contributed by atoms with Crippen LogP contribution in [0.15, 0.2) is 18.2 Å². The molecule has 0 saturated carbocycles. The number of benzene rings is 1. The molecule has 0 atom stereocenters. The molecule has 0 bridgehead atoms. The lowest BCUT2D eigenvalue weighted by Gasteiger charge is -2.26.